The van der Waals surface area contributed by atoms with E-state index in [-0.39, 0.29) is 0 Å². The summed E-state index contributed by atoms with van der Waals surface area (Å²) in [5.41, 5.74) is 3.07. The first kappa shape index (κ1) is 13.7. The molecule has 0 spiro atoms. The molecule has 0 aliphatic carbocycles. The van der Waals surface area contributed by atoms with Crippen LogP contribution in [0.15, 0.2) is 24.3 Å². The summed E-state index contributed by atoms with van der Waals surface area (Å²) in [6, 6.07) is 7.94. The molecule has 1 aromatic heterocycles. The molecular weight excluding hydrogens is 256 g/mol. The maximum Gasteiger partial charge on any atom is 0.133 e. The number of ether oxygens (including phenoxy) is 1. The summed E-state index contributed by atoms with van der Waals surface area (Å²) in [6.07, 6.45) is 0. The van der Waals surface area contributed by atoms with Crippen LogP contribution in [-0.2, 0) is 0 Å². The lowest BCUT2D eigenvalue weighted by atomic mass is 10.1. The Hall–Kier alpha value is -1.68. The zero-order valence-electron chi connectivity index (χ0n) is 11.7. The third-order valence-electron chi connectivity index (χ3n) is 3.08. The number of methoxy groups -OCH3 is 1. The largest absolute Gasteiger partial charge is 0.497 e. The molecule has 2 rings (SSSR count). The van der Waals surface area contributed by atoms with Crippen LogP contribution in [0.3, 0.4) is 0 Å². The van der Waals surface area contributed by atoms with Crippen molar-refractivity contribution in [1.82, 2.24) is 9.97 Å². The molecule has 2 aromatic rings. The number of benzene rings is 1. The molecule has 0 saturated carbocycles. The highest BCUT2D eigenvalue weighted by Crippen LogP contribution is 2.26. The van der Waals surface area contributed by atoms with E-state index in [0.29, 0.717) is 10.6 Å². The summed E-state index contributed by atoms with van der Waals surface area (Å²) in [5.74, 6) is 2.05. The molecule has 3 nitrogen and oxygen atoms in total. The lowest BCUT2D eigenvalue weighted by Gasteiger charge is -2.12. The van der Waals surface area contributed by atoms with Gasteiger partial charge in [-0.1, -0.05) is 38.2 Å². The normalized spacial score (nSPS) is 10.8. The minimum atomic E-state index is 0.312. The van der Waals surface area contributed by atoms with E-state index in [2.05, 4.69) is 23.8 Å². The number of nitrogens with one attached hydrogen (secondary N) is 1. The van der Waals surface area contributed by atoms with Gasteiger partial charge in [-0.15, -0.1) is 0 Å². The Morgan fingerprint density at radius 3 is 2.68 bits per heavy atom. The van der Waals surface area contributed by atoms with Crippen molar-refractivity contribution in [1.29, 1.82) is 0 Å². The number of hydrogen-bond acceptors (Lipinski definition) is 3. The lowest BCUT2D eigenvalue weighted by molar-refractivity contribution is 0.415. The van der Waals surface area contributed by atoms with Gasteiger partial charge in [0.15, 0.2) is 0 Å². The Morgan fingerprint density at radius 1 is 1.32 bits per heavy atom. The van der Waals surface area contributed by atoms with E-state index in [1.165, 1.54) is 0 Å². The number of aromatic nitrogens is 2. The molecule has 0 unspecified atom stereocenters. The third-order valence-corrected chi connectivity index (χ3v) is 3.47. The van der Waals surface area contributed by atoms with E-state index in [0.717, 1.165) is 28.4 Å². The van der Waals surface area contributed by atoms with Gasteiger partial charge >= 0.3 is 0 Å². The fourth-order valence-corrected chi connectivity index (χ4v) is 2.09. The van der Waals surface area contributed by atoms with Crippen LogP contribution in [0.1, 0.15) is 31.2 Å². The molecule has 100 valence electrons. The van der Waals surface area contributed by atoms with Gasteiger partial charge in [0.25, 0.3) is 0 Å². The van der Waals surface area contributed by atoms with Crippen LogP contribution >= 0.6 is 12.2 Å². The maximum absolute atomic E-state index is 5.35. The van der Waals surface area contributed by atoms with Crippen LogP contribution in [-0.4, -0.2) is 17.1 Å². The first-order valence-corrected chi connectivity index (χ1v) is 6.69. The number of hydrogen-bond donors (Lipinski definition) is 1. The maximum atomic E-state index is 5.35. The van der Waals surface area contributed by atoms with Crippen LogP contribution in [0.4, 0.5) is 0 Å². The quantitative estimate of drug-likeness (QED) is 0.850. The van der Waals surface area contributed by atoms with Crippen LogP contribution in [0.2, 0.25) is 0 Å². The molecule has 0 fully saturated rings. The fourth-order valence-electron chi connectivity index (χ4n) is 1.89. The van der Waals surface area contributed by atoms with Gasteiger partial charge in [-0.3, -0.25) is 0 Å². The van der Waals surface area contributed by atoms with Crippen LogP contribution in [0.25, 0.3) is 11.3 Å². The first-order chi connectivity index (χ1) is 9.02. The molecule has 4 heteroatoms. The Morgan fingerprint density at radius 2 is 2.05 bits per heavy atom. The standard InChI is InChI=1S/C15H18N2OS/c1-9(2)14-16-13(10(3)15(19)17-14)11-6-5-7-12(8-11)18-4/h5-9H,1-4H3,(H,16,17,19). The molecule has 0 aliphatic rings. The summed E-state index contributed by atoms with van der Waals surface area (Å²) in [6.45, 7) is 6.18. The second-order valence-corrected chi connectivity index (χ2v) is 5.20. The Balaban J connectivity index is 2.63. The monoisotopic (exact) mass is 274 g/mol. The minimum absolute atomic E-state index is 0.312. The number of nitrogens with zero attached hydrogens (tertiary/aromatic N) is 1. The lowest BCUT2D eigenvalue weighted by Crippen LogP contribution is -2.02. The zero-order valence-corrected chi connectivity index (χ0v) is 12.5. The van der Waals surface area contributed by atoms with E-state index in [4.69, 9.17) is 17.0 Å². The molecule has 0 bridgehead atoms. The highest BCUT2D eigenvalue weighted by atomic mass is 32.1. The average molecular weight is 274 g/mol. The molecule has 0 atom stereocenters. The summed E-state index contributed by atoms with van der Waals surface area (Å²) < 4.78 is 5.92. The van der Waals surface area contributed by atoms with Gasteiger partial charge in [0.1, 0.15) is 16.2 Å². The number of H-pyrrole nitrogens is 1. The van der Waals surface area contributed by atoms with Crippen molar-refractivity contribution in [3.63, 3.8) is 0 Å². The second kappa shape index (κ2) is 5.53. The third kappa shape index (κ3) is 2.84. The van der Waals surface area contributed by atoms with E-state index in [1.807, 2.05) is 31.2 Å². The molecule has 0 aliphatic heterocycles. The van der Waals surface area contributed by atoms with Crippen molar-refractivity contribution in [2.75, 3.05) is 7.11 Å². The molecule has 1 N–H and O–H groups in total. The van der Waals surface area contributed by atoms with Crippen molar-refractivity contribution >= 4 is 12.2 Å². The molecule has 0 saturated heterocycles. The van der Waals surface area contributed by atoms with Crippen LogP contribution in [0, 0.1) is 11.6 Å². The predicted octanol–water partition coefficient (Wildman–Crippen LogP) is 4.25. The van der Waals surface area contributed by atoms with E-state index >= 15 is 0 Å². The van der Waals surface area contributed by atoms with E-state index < -0.39 is 0 Å². The fraction of sp³-hybridized carbons (Fsp3) is 0.333. The Bertz CT molecular complexity index is 647. The minimum Gasteiger partial charge on any atom is -0.497 e. The highest BCUT2D eigenvalue weighted by molar-refractivity contribution is 7.71. The van der Waals surface area contributed by atoms with Crippen molar-refractivity contribution in [3.05, 3.63) is 40.3 Å². The van der Waals surface area contributed by atoms with Crippen LogP contribution < -0.4 is 4.74 Å². The summed E-state index contributed by atoms with van der Waals surface area (Å²) >= 11 is 5.35. The van der Waals surface area contributed by atoms with Gasteiger partial charge in [0, 0.05) is 17.0 Å². The first-order valence-electron chi connectivity index (χ1n) is 6.28. The second-order valence-electron chi connectivity index (χ2n) is 4.81. The van der Waals surface area contributed by atoms with Gasteiger partial charge in [-0.25, -0.2) is 4.98 Å². The highest BCUT2D eigenvalue weighted by Gasteiger charge is 2.10. The molecule has 0 radical (unpaired) electrons. The van der Waals surface area contributed by atoms with Crippen molar-refractivity contribution in [3.8, 4) is 17.0 Å². The molecule has 1 aromatic carbocycles. The van der Waals surface area contributed by atoms with Gasteiger partial charge in [-0.05, 0) is 19.1 Å². The van der Waals surface area contributed by atoms with Gasteiger partial charge in [0.2, 0.25) is 0 Å². The smallest absolute Gasteiger partial charge is 0.133 e. The van der Waals surface area contributed by atoms with E-state index in [9.17, 15) is 0 Å². The summed E-state index contributed by atoms with van der Waals surface area (Å²) in [4.78, 5) is 7.82. The topological polar surface area (TPSA) is 37.9 Å². The summed E-state index contributed by atoms with van der Waals surface area (Å²) in [5, 5.41) is 0. The Kier molecular flexibility index (Phi) is 4.00. The predicted molar refractivity (Wildman–Crippen MR) is 80.2 cm³/mol. The molecular formula is C15H18N2OS. The van der Waals surface area contributed by atoms with Crippen LogP contribution in [0.5, 0.6) is 5.75 Å². The van der Waals surface area contributed by atoms with Crippen molar-refractivity contribution in [2.24, 2.45) is 0 Å². The van der Waals surface area contributed by atoms with Gasteiger partial charge in [-0.2, -0.15) is 0 Å². The van der Waals surface area contributed by atoms with Crippen molar-refractivity contribution in [2.45, 2.75) is 26.7 Å². The van der Waals surface area contributed by atoms with Gasteiger partial charge in [0.05, 0.1) is 12.8 Å². The average Bonchev–Trinajstić information content (AvgIpc) is 2.41. The number of aromatic amines is 1. The zero-order chi connectivity index (χ0) is 14.0. The number of rotatable bonds is 3. The molecule has 1 heterocycles. The van der Waals surface area contributed by atoms with E-state index in [1.54, 1.807) is 7.11 Å². The molecule has 0 amide bonds. The molecule has 19 heavy (non-hydrogen) atoms. The van der Waals surface area contributed by atoms with Gasteiger partial charge < -0.3 is 9.72 Å². The Labute approximate surface area is 118 Å². The summed E-state index contributed by atoms with van der Waals surface area (Å²) in [7, 11) is 1.67. The SMILES string of the molecule is COc1cccc(-c2[nH]c(C(C)C)nc(=S)c2C)c1. The van der Waals surface area contributed by atoms with Crippen molar-refractivity contribution < 1.29 is 4.74 Å².